The van der Waals surface area contributed by atoms with Crippen molar-refractivity contribution in [2.75, 3.05) is 39.6 Å². The molecule has 0 spiro atoms. The summed E-state index contributed by atoms with van der Waals surface area (Å²) < 4.78 is 40.5. The third-order valence-corrected chi connectivity index (χ3v) is 14.7. The largest absolute Gasteiger partial charge is 0.410 e. The van der Waals surface area contributed by atoms with Crippen LogP contribution >= 0.6 is 0 Å². The molecule has 0 N–H and O–H groups in total. The summed E-state index contributed by atoms with van der Waals surface area (Å²) in [5.74, 6) is 0. The Morgan fingerprint density at radius 3 is 0.889 bits per heavy atom. The Bertz CT molecular complexity index is 1600. The standard InChI is InChI=1S/C39H54N3O9Si3/c1-7-46-52(49-28-25-34-19-13-10-14-20-34)31(4)40-37(43)41(32(5)53(47-8-2)50-29-26-35-21-15-11-16-22-35)39(45)42(38(40)44)33(6)54(48-9-3)51-30-27-36-23-17-12-18-24-36/h10-24,31-33H,7-9,25-30H2,1-6H3. The normalized spacial score (nSPS) is 13.5. The van der Waals surface area contributed by atoms with Crippen LogP contribution in [0.25, 0.3) is 0 Å². The van der Waals surface area contributed by atoms with Crippen molar-refractivity contribution < 1.29 is 26.6 Å². The number of rotatable bonds is 24. The van der Waals surface area contributed by atoms with E-state index >= 15 is 0 Å². The Balaban J connectivity index is 1.74. The van der Waals surface area contributed by atoms with E-state index in [0.717, 1.165) is 30.4 Å². The Hall–Kier alpha value is -3.52. The molecule has 3 atom stereocenters. The van der Waals surface area contributed by atoms with E-state index in [4.69, 9.17) is 26.6 Å². The minimum absolute atomic E-state index is 0.318. The highest BCUT2D eigenvalue weighted by Crippen LogP contribution is 2.16. The highest BCUT2D eigenvalue weighted by Gasteiger charge is 2.38. The maximum atomic E-state index is 14.6. The molecule has 1 aromatic heterocycles. The first-order valence-corrected chi connectivity index (χ1v) is 22.9. The predicted molar refractivity (Wildman–Crippen MR) is 214 cm³/mol. The maximum absolute atomic E-state index is 14.6. The van der Waals surface area contributed by atoms with E-state index in [9.17, 15) is 14.4 Å². The first kappa shape index (κ1) is 43.2. The number of benzene rings is 3. The highest BCUT2D eigenvalue weighted by molar-refractivity contribution is 6.46. The molecule has 4 aromatic rings. The topological polar surface area (TPSA) is 121 Å². The summed E-state index contributed by atoms with van der Waals surface area (Å²) >= 11 is 0. The van der Waals surface area contributed by atoms with Gasteiger partial charge < -0.3 is 26.6 Å². The van der Waals surface area contributed by atoms with Crippen molar-refractivity contribution in [2.45, 2.75) is 77.8 Å². The van der Waals surface area contributed by atoms with Crippen molar-refractivity contribution in [3.8, 4) is 0 Å². The first-order chi connectivity index (χ1) is 26.2. The lowest BCUT2D eigenvalue weighted by molar-refractivity contribution is 0.178. The van der Waals surface area contributed by atoms with Crippen LogP contribution in [0.15, 0.2) is 105 Å². The molecule has 0 saturated carbocycles. The molecule has 0 bridgehead atoms. The van der Waals surface area contributed by atoms with Crippen LogP contribution in [0.5, 0.6) is 0 Å². The SMILES string of the molecule is CCO[Si](OCCc1ccccc1)C(C)n1c(=O)n(C(C)[Si](OCC)OCCc2ccccc2)c(=O)n(C(C)[Si](OCC)OCCc2ccccc2)c1=O. The summed E-state index contributed by atoms with van der Waals surface area (Å²) in [5.41, 5.74) is -1.48. The van der Waals surface area contributed by atoms with Gasteiger partial charge in [0, 0.05) is 39.6 Å². The number of aromatic nitrogens is 3. The van der Waals surface area contributed by atoms with Crippen molar-refractivity contribution in [3.05, 3.63) is 139 Å². The van der Waals surface area contributed by atoms with Gasteiger partial charge in [0.25, 0.3) is 0 Å². The van der Waals surface area contributed by atoms with Gasteiger partial charge in [-0.3, -0.25) is 0 Å². The van der Waals surface area contributed by atoms with Crippen molar-refractivity contribution in [1.82, 2.24) is 13.7 Å². The Labute approximate surface area is 323 Å². The monoisotopic (exact) mass is 792 g/mol. The van der Waals surface area contributed by atoms with E-state index < -0.39 is 61.9 Å². The van der Waals surface area contributed by atoms with Gasteiger partial charge in [-0.15, -0.1) is 0 Å². The molecule has 3 aromatic carbocycles. The van der Waals surface area contributed by atoms with Crippen LogP contribution in [-0.2, 0) is 45.8 Å². The lowest BCUT2D eigenvalue weighted by Gasteiger charge is -2.28. The zero-order valence-corrected chi connectivity index (χ0v) is 35.3. The second-order valence-corrected chi connectivity index (χ2v) is 18.6. The van der Waals surface area contributed by atoms with Gasteiger partial charge in [0.2, 0.25) is 0 Å². The van der Waals surface area contributed by atoms with E-state index in [-0.39, 0.29) is 0 Å². The first-order valence-electron chi connectivity index (χ1n) is 18.7. The summed E-state index contributed by atoms with van der Waals surface area (Å²) in [6.07, 6.45) is 1.88. The second kappa shape index (κ2) is 22.8. The van der Waals surface area contributed by atoms with Gasteiger partial charge in [-0.2, -0.15) is 0 Å². The number of nitrogens with zero attached hydrogens (tertiary/aromatic N) is 3. The molecule has 3 unspecified atom stereocenters. The Kier molecular flexibility index (Phi) is 18.2. The lowest BCUT2D eigenvalue weighted by atomic mass is 10.2. The molecule has 0 aliphatic heterocycles. The van der Waals surface area contributed by atoms with Gasteiger partial charge >= 0.3 is 44.9 Å². The van der Waals surface area contributed by atoms with Gasteiger partial charge in [0.15, 0.2) is 0 Å². The minimum atomic E-state index is -2.26. The van der Waals surface area contributed by atoms with Crippen LogP contribution in [0.1, 0.15) is 75.2 Å². The third kappa shape index (κ3) is 12.0. The Morgan fingerprint density at radius 1 is 0.426 bits per heavy atom. The van der Waals surface area contributed by atoms with Gasteiger partial charge in [0.1, 0.15) is 0 Å². The van der Waals surface area contributed by atoms with Gasteiger partial charge in [-0.1, -0.05) is 91.0 Å². The number of hydrogen-bond acceptors (Lipinski definition) is 9. The minimum Gasteiger partial charge on any atom is -0.392 e. The van der Waals surface area contributed by atoms with Gasteiger partial charge in [0.05, 0.1) is 17.0 Å². The van der Waals surface area contributed by atoms with E-state index in [1.54, 1.807) is 20.8 Å². The summed E-state index contributed by atoms with van der Waals surface area (Å²) in [7, 11) is -6.77. The van der Waals surface area contributed by atoms with Crippen LogP contribution < -0.4 is 17.1 Å². The zero-order valence-electron chi connectivity index (χ0n) is 32.3. The van der Waals surface area contributed by atoms with E-state index in [2.05, 4.69) is 0 Å². The summed E-state index contributed by atoms with van der Waals surface area (Å²) in [5, 5.41) is 0. The molecule has 15 heteroatoms. The van der Waals surface area contributed by atoms with Crippen LogP contribution in [0.4, 0.5) is 0 Å². The van der Waals surface area contributed by atoms with Crippen LogP contribution in [-0.4, -0.2) is 81.2 Å². The second-order valence-electron chi connectivity index (χ2n) is 12.5. The van der Waals surface area contributed by atoms with Gasteiger partial charge in [-0.25, -0.2) is 28.1 Å². The highest BCUT2D eigenvalue weighted by atomic mass is 28.3. The fourth-order valence-electron chi connectivity index (χ4n) is 5.92. The molecule has 4 rings (SSSR count). The number of hydrogen-bond donors (Lipinski definition) is 0. The smallest absolute Gasteiger partial charge is 0.392 e. The van der Waals surface area contributed by atoms with Crippen molar-refractivity contribution in [1.29, 1.82) is 0 Å². The summed E-state index contributed by atoms with van der Waals surface area (Å²) in [4.78, 5) is 43.7. The Morgan fingerprint density at radius 2 is 0.667 bits per heavy atom. The van der Waals surface area contributed by atoms with Crippen molar-refractivity contribution >= 4 is 27.9 Å². The van der Waals surface area contributed by atoms with E-state index in [1.807, 2.05) is 112 Å². The van der Waals surface area contributed by atoms with Gasteiger partial charge in [-0.05, 0) is 77.5 Å². The fraction of sp³-hybridized carbons (Fsp3) is 0.462. The van der Waals surface area contributed by atoms with Crippen molar-refractivity contribution in [2.24, 2.45) is 0 Å². The molecule has 3 radical (unpaired) electrons. The van der Waals surface area contributed by atoms with E-state index in [0.29, 0.717) is 58.9 Å². The fourth-order valence-corrected chi connectivity index (χ4v) is 10.7. The van der Waals surface area contributed by atoms with Crippen molar-refractivity contribution in [3.63, 3.8) is 0 Å². The quantitative estimate of drug-likeness (QED) is 0.0920. The summed E-state index contributed by atoms with van der Waals surface area (Å²) in [6, 6.07) is 29.7. The van der Waals surface area contributed by atoms with Crippen LogP contribution in [0, 0.1) is 0 Å². The molecular weight excluding hydrogens is 739 g/mol. The maximum Gasteiger partial charge on any atom is 0.410 e. The average Bonchev–Trinajstić information content (AvgIpc) is 3.18. The molecule has 291 valence electrons. The predicted octanol–water partition coefficient (Wildman–Crippen LogP) is 4.82. The molecule has 0 amide bonds. The molecule has 0 fully saturated rings. The summed E-state index contributed by atoms with van der Waals surface area (Å²) in [6.45, 7) is 12.7. The van der Waals surface area contributed by atoms with Crippen LogP contribution in [0.2, 0.25) is 0 Å². The molecule has 54 heavy (non-hydrogen) atoms. The lowest BCUT2D eigenvalue weighted by Crippen LogP contribution is -2.61. The molecule has 0 aliphatic rings. The average molecular weight is 793 g/mol. The molecule has 0 saturated heterocycles. The van der Waals surface area contributed by atoms with Crippen LogP contribution in [0.3, 0.4) is 0 Å². The molecule has 0 aliphatic carbocycles. The molecule has 12 nitrogen and oxygen atoms in total. The zero-order chi connectivity index (χ0) is 38.9. The van der Waals surface area contributed by atoms with E-state index in [1.165, 1.54) is 0 Å². The third-order valence-electron chi connectivity index (χ3n) is 8.72. The molecular formula is C39H54N3O9Si3. The molecule has 1 heterocycles.